The van der Waals surface area contributed by atoms with Crippen LogP contribution in [0.5, 0.6) is 0 Å². The topological polar surface area (TPSA) is 96.7 Å². The molecule has 0 saturated carbocycles. The molecule has 0 saturated heterocycles. The third-order valence-corrected chi connectivity index (χ3v) is 3.21. The number of hydrogen-bond donors (Lipinski definition) is 4. The highest BCUT2D eigenvalue weighted by Gasteiger charge is 2.16. The van der Waals surface area contributed by atoms with E-state index in [1.165, 1.54) is 0 Å². The summed E-state index contributed by atoms with van der Waals surface area (Å²) in [5, 5.41) is 14.4. The summed E-state index contributed by atoms with van der Waals surface area (Å²) in [7, 11) is 0. The normalized spacial score (nSPS) is 13.4. The molecule has 0 radical (unpaired) electrons. The van der Waals surface area contributed by atoms with E-state index in [4.69, 9.17) is 23.3 Å². The van der Waals surface area contributed by atoms with Gasteiger partial charge in [-0.3, -0.25) is 0 Å². The number of aliphatic hydroxyl groups excluding tert-OH is 1. The standard InChI is InChI=1S/C13H21ClN4O/c1-2-3-4-5-12(19)10-7-6-9(14)8-11(10)13(17-15)18-16/h6-8,12,19H,2-5,15-16H2,1H3,(H,17,18). The Labute approximate surface area is 118 Å². The second-order valence-electron chi connectivity index (χ2n) is 4.37. The first-order chi connectivity index (χ1) is 9.13. The smallest absolute Gasteiger partial charge is 0.167 e. The molecule has 6 N–H and O–H groups in total. The molecule has 0 amide bonds. The van der Waals surface area contributed by atoms with E-state index in [0.717, 1.165) is 24.8 Å². The molecule has 1 atom stereocenters. The summed E-state index contributed by atoms with van der Waals surface area (Å²) >= 11 is 5.96. The number of nitrogens with two attached hydrogens (primary N) is 2. The van der Waals surface area contributed by atoms with Gasteiger partial charge in [0, 0.05) is 10.6 Å². The second-order valence-corrected chi connectivity index (χ2v) is 4.80. The van der Waals surface area contributed by atoms with Crippen molar-refractivity contribution < 1.29 is 5.11 Å². The third kappa shape index (κ3) is 4.38. The minimum Gasteiger partial charge on any atom is -0.388 e. The Morgan fingerprint density at radius 2 is 2.21 bits per heavy atom. The van der Waals surface area contributed by atoms with E-state index >= 15 is 0 Å². The monoisotopic (exact) mass is 284 g/mol. The quantitative estimate of drug-likeness (QED) is 0.211. The summed E-state index contributed by atoms with van der Waals surface area (Å²) in [4.78, 5) is 0. The van der Waals surface area contributed by atoms with Gasteiger partial charge in [-0.15, -0.1) is 0 Å². The van der Waals surface area contributed by atoms with Gasteiger partial charge in [-0.05, 0) is 24.1 Å². The van der Waals surface area contributed by atoms with Gasteiger partial charge in [0.15, 0.2) is 5.84 Å². The fourth-order valence-corrected chi connectivity index (χ4v) is 2.12. The van der Waals surface area contributed by atoms with Crippen LogP contribution in [0.2, 0.25) is 5.02 Å². The summed E-state index contributed by atoms with van der Waals surface area (Å²) < 4.78 is 0. The molecule has 0 fully saturated rings. The van der Waals surface area contributed by atoms with Crippen LogP contribution in [0, 0.1) is 0 Å². The van der Waals surface area contributed by atoms with E-state index in [9.17, 15) is 5.11 Å². The lowest BCUT2D eigenvalue weighted by Crippen LogP contribution is -2.33. The first-order valence-electron chi connectivity index (χ1n) is 6.36. The average Bonchev–Trinajstić information content (AvgIpc) is 2.40. The molecule has 0 aromatic heterocycles. The average molecular weight is 285 g/mol. The summed E-state index contributed by atoms with van der Waals surface area (Å²) in [5.41, 5.74) is 3.76. The zero-order valence-corrected chi connectivity index (χ0v) is 11.8. The van der Waals surface area contributed by atoms with Crippen LogP contribution in [0.3, 0.4) is 0 Å². The van der Waals surface area contributed by atoms with Gasteiger partial charge in [0.05, 0.1) is 6.10 Å². The van der Waals surface area contributed by atoms with E-state index in [-0.39, 0.29) is 0 Å². The molecule has 0 spiro atoms. The van der Waals surface area contributed by atoms with Gasteiger partial charge in [0.1, 0.15) is 0 Å². The number of rotatable bonds is 6. The fourth-order valence-electron chi connectivity index (χ4n) is 1.95. The highest BCUT2D eigenvalue weighted by atomic mass is 35.5. The van der Waals surface area contributed by atoms with Crippen molar-refractivity contribution in [2.45, 2.75) is 38.7 Å². The van der Waals surface area contributed by atoms with Gasteiger partial charge in [-0.25, -0.2) is 5.84 Å². The maximum Gasteiger partial charge on any atom is 0.167 e. The van der Waals surface area contributed by atoms with Gasteiger partial charge in [0.2, 0.25) is 0 Å². The minimum absolute atomic E-state index is 0.298. The van der Waals surface area contributed by atoms with Crippen molar-refractivity contribution in [1.82, 2.24) is 5.43 Å². The molecule has 106 valence electrons. The van der Waals surface area contributed by atoms with Crippen LogP contribution in [0.1, 0.15) is 49.8 Å². The Hall–Kier alpha value is -1.30. The molecule has 5 nitrogen and oxygen atoms in total. The van der Waals surface area contributed by atoms with Gasteiger partial charge in [-0.2, -0.15) is 5.10 Å². The predicted molar refractivity (Wildman–Crippen MR) is 78.6 cm³/mol. The van der Waals surface area contributed by atoms with Crippen molar-refractivity contribution >= 4 is 17.4 Å². The lowest BCUT2D eigenvalue weighted by Gasteiger charge is -2.16. The number of aliphatic hydroxyl groups is 1. The van der Waals surface area contributed by atoms with Gasteiger partial charge in [-0.1, -0.05) is 43.9 Å². The first-order valence-corrected chi connectivity index (χ1v) is 6.74. The van der Waals surface area contributed by atoms with Crippen molar-refractivity contribution in [3.8, 4) is 0 Å². The summed E-state index contributed by atoms with van der Waals surface area (Å²) in [6.07, 6.45) is 3.27. The second kappa shape index (κ2) is 7.99. The molecule has 0 bridgehead atoms. The van der Waals surface area contributed by atoms with Crippen LogP contribution < -0.4 is 17.1 Å². The Kier molecular flexibility index (Phi) is 6.62. The number of nitrogens with zero attached hydrogens (tertiary/aromatic N) is 1. The summed E-state index contributed by atoms with van der Waals surface area (Å²) in [6, 6.07) is 5.19. The number of amidine groups is 1. The molecule has 6 heteroatoms. The summed E-state index contributed by atoms with van der Waals surface area (Å²) in [5.74, 6) is 10.9. The molecule has 0 aliphatic carbocycles. The van der Waals surface area contributed by atoms with Crippen LogP contribution >= 0.6 is 11.6 Å². The van der Waals surface area contributed by atoms with E-state index in [2.05, 4.69) is 17.5 Å². The maximum atomic E-state index is 10.3. The molecule has 19 heavy (non-hydrogen) atoms. The molecule has 1 unspecified atom stereocenters. The molecular weight excluding hydrogens is 264 g/mol. The van der Waals surface area contributed by atoms with Crippen molar-refractivity contribution in [1.29, 1.82) is 0 Å². The zero-order chi connectivity index (χ0) is 14.3. The number of hydrazine groups is 1. The number of nitrogens with one attached hydrogen (secondary N) is 1. The van der Waals surface area contributed by atoms with Crippen molar-refractivity contribution in [3.05, 3.63) is 34.3 Å². The minimum atomic E-state index is -0.580. The molecular formula is C13H21ClN4O. The predicted octanol–water partition coefficient (Wildman–Crippen LogP) is 2.04. The van der Waals surface area contributed by atoms with Crippen molar-refractivity contribution in [2.75, 3.05) is 0 Å². The lowest BCUT2D eigenvalue weighted by atomic mass is 9.97. The van der Waals surface area contributed by atoms with Crippen LogP contribution in [0.25, 0.3) is 0 Å². The third-order valence-electron chi connectivity index (χ3n) is 2.98. The van der Waals surface area contributed by atoms with Crippen molar-refractivity contribution in [3.63, 3.8) is 0 Å². The number of hydrogen-bond acceptors (Lipinski definition) is 4. The van der Waals surface area contributed by atoms with Crippen LogP contribution in [-0.4, -0.2) is 10.9 Å². The Morgan fingerprint density at radius 1 is 1.47 bits per heavy atom. The fraction of sp³-hybridized carbons (Fsp3) is 0.462. The summed E-state index contributed by atoms with van der Waals surface area (Å²) in [6.45, 7) is 2.12. The first kappa shape index (κ1) is 15.8. The molecule has 0 aliphatic heterocycles. The number of hydrazone groups is 1. The highest BCUT2D eigenvalue weighted by molar-refractivity contribution is 6.31. The van der Waals surface area contributed by atoms with Gasteiger partial charge >= 0.3 is 0 Å². The zero-order valence-electron chi connectivity index (χ0n) is 11.1. The SMILES string of the molecule is CCCCCC(O)c1ccc(Cl)cc1/C(=N/N)NN. The van der Waals surface area contributed by atoms with Crippen molar-refractivity contribution in [2.24, 2.45) is 16.8 Å². The van der Waals surface area contributed by atoms with Gasteiger partial charge in [0.25, 0.3) is 0 Å². The van der Waals surface area contributed by atoms with E-state index in [1.54, 1.807) is 18.2 Å². The Morgan fingerprint density at radius 3 is 2.79 bits per heavy atom. The van der Waals surface area contributed by atoms with E-state index in [1.807, 2.05) is 0 Å². The molecule has 0 aliphatic rings. The molecule has 1 rings (SSSR count). The number of unbranched alkanes of at least 4 members (excludes halogenated alkanes) is 2. The van der Waals surface area contributed by atoms with Gasteiger partial charge < -0.3 is 16.4 Å². The van der Waals surface area contributed by atoms with E-state index < -0.39 is 6.10 Å². The molecule has 1 aromatic rings. The Balaban J connectivity index is 2.99. The van der Waals surface area contributed by atoms with Crippen LogP contribution in [0.4, 0.5) is 0 Å². The molecule has 1 aromatic carbocycles. The van der Waals surface area contributed by atoms with Crippen LogP contribution in [0.15, 0.2) is 23.3 Å². The highest BCUT2D eigenvalue weighted by Crippen LogP contribution is 2.26. The Bertz CT molecular complexity index is 437. The van der Waals surface area contributed by atoms with Crippen LogP contribution in [-0.2, 0) is 0 Å². The number of benzene rings is 1. The van der Waals surface area contributed by atoms with E-state index in [0.29, 0.717) is 22.8 Å². The number of halogens is 1. The maximum absolute atomic E-state index is 10.3. The largest absolute Gasteiger partial charge is 0.388 e. The lowest BCUT2D eigenvalue weighted by molar-refractivity contribution is 0.163. The molecule has 0 heterocycles.